The average Bonchev–Trinajstić information content (AvgIpc) is 2.96. The number of hydrogen-bond acceptors (Lipinski definition) is 4. The minimum atomic E-state index is -0.386. The molecule has 0 aromatic heterocycles. The third kappa shape index (κ3) is 3.61. The smallest absolute Gasteiger partial charge is 0.338 e. The molecule has 0 saturated heterocycles. The molecular weight excluding hydrogens is 330 g/mol. The van der Waals surface area contributed by atoms with Gasteiger partial charge in [-0.25, -0.2) is 4.79 Å². The lowest BCUT2D eigenvalue weighted by molar-refractivity contribution is -0.110. The topological polar surface area (TPSA) is 64.6 Å². The molecule has 134 valence electrons. The van der Waals surface area contributed by atoms with Crippen LogP contribution < -0.4 is 10.1 Å². The Morgan fingerprint density at radius 2 is 1.96 bits per heavy atom. The largest absolute Gasteiger partial charge is 0.493 e. The third-order valence-corrected chi connectivity index (χ3v) is 3.99. The van der Waals surface area contributed by atoms with E-state index < -0.39 is 0 Å². The van der Waals surface area contributed by atoms with Gasteiger partial charge in [0.1, 0.15) is 5.75 Å². The number of benzene rings is 2. The van der Waals surface area contributed by atoms with Crippen molar-refractivity contribution >= 4 is 29.2 Å². The number of carbonyl (C=O) groups excluding carboxylic acids is 2. The normalized spacial score (nSPS) is 14.1. The molecule has 0 spiro atoms. The molecule has 1 N–H and O–H groups in total. The van der Waals surface area contributed by atoms with Gasteiger partial charge in [-0.2, -0.15) is 0 Å². The Morgan fingerprint density at radius 3 is 2.73 bits per heavy atom. The molecule has 0 unspecified atom stereocenters. The summed E-state index contributed by atoms with van der Waals surface area (Å²) >= 11 is 0. The first-order chi connectivity index (χ1) is 12.6. The Balaban J connectivity index is 1.94. The number of rotatable bonds is 6. The van der Waals surface area contributed by atoms with Crippen molar-refractivity contribution < 1.29 is 19.1 Å². The lowest BCUT2D eigenvalue weighted by Crippen LogP contribution is -2.06. The van der Waals surface area contributed by atoms with E-state index in [1.165, 1.54) is 0 Å². The van der Waals surface area contributed by atoms with Crippen molar-refractivity contribution in [3.05, 3.63) is 59.2 Å². The van der Waals surface area contributed by atoms with E-state index in [1.807, 2.05) is 38.1 Å². The maximum Gasteiger partial charge on any atom is 0.338 e. The summed E-state index contributed by atoms with van der Waals surface area (Å²) in [5, 5.41) is 2.81. The number of anilines is 1. The van der Waals surface area contributed by atoms with Gasteiger partial charge < -0.3 is 14.8 Å². The maximum absolute atomic E-state index is 12.4. The summed E-state index contributed by atoms with van der Waals surface area (Å²) in [4.78, 5) is 24.4. The van der Waals surface area contributed by atoms with Crippen LogP contribution >= 0.6 is 0 Å². The molecule has 3 rings (SSSR count). The van der Waals surface area contributed by atoms with Crippen LogP contribution in [0.5, 0.6) is 5.75 Å². The summed E-state index contributed by atoms with van der Waals surface area (Å²) in [6.45, 7) is 4.78. The Bertz CT molecular complexity index is 870. The van der Waals surface area contributed by atoms with Gasteiger partial charge in [0.2, 0.25) is 0 Å². The van der Waals surface area contributed by atoms with Gasteiger partial charge in [-0.1, -0.05) is 31.2 Å². The number of fused-ring (bicyclic) bond motifs is 1. The molecule has 5 nitrogen and oxygen atoms in total. The molecule has 0 radical (unpaired) electrons. The lowest BCUT2D eigenvalue weighted by atomic mass is 10.0. The van der Waals surface area contributed by atoms with Crippen molar-refractivity contribution in [1.82, 2.24) is 0 Å². The quantitative estimate of drug-likeness (QED) is 0.627. The molecule has 0 aliphatic carbocycles. The highest BCUT2D eigenvalue weighted by Gasteiger charge is 2.25. The first kappa shape index (κ1) is 17.7. The Labute approximate surface area is 152 Å². The summed E-state index contributed by atoms with van der Waals surface area (Å²) in [6, 6.07) is 12.7. The van der Waals surface area contributed by atoms with Gasteiger partial charge in [-0.05, 0) is 37.6 Å². The number of para-hydroxylation sites is 1. The van der Waals surface area contributed by atoms with Crippen LogP contribution in [0.25, 0.3) is 11.6 Å². The summed E-state index contributed by atoms with van der Waals surface area (Å²) in [5.74, 6) is 0.136. The fourth-order valence-corrected chi connectivity index (χ4v) is 2.79. The van der Waals surface area contributed by atoms with Gasteiger partial charge in [0.05, 0.1) is 18.8 Å². The Morgan fingerprint density at radius 1 is 1.15 bits per heavy atom. The molecule has 1 aliphatic heterocycles. The van der Waals surface area contributed by atoms with Crippen LogP contribution in [0.4, 0.5) is 5.69 Å². The molecule has 2 aromatic carbocycles. The van der Waals surface area contributed by atoms with Crippen LogP contribution in [-0.4, -0.2) is 25.1 Å². The van der Waals surface area contributed by atoms with Crippen LogP contribution in [0.1, 0.15) is 41.8 Å². The zero-order valence-electron chi connectivity index (χ0n) is 14.9. The van der Waals surface area contributed by atoms with Crippen LogP contribution in [0.15, 0.2) is 42.5 Å². The molecule has 1 aliphatic rings. The Kier molecular flexibility index (Phi) is 5.37. The van der Waals surface area contributed by atoms with Crippen molar-refractivity contribution in [3.63, 3.8) is 0 Å². The average molecular weight is 351 g/mol. The van der Waals surface area contributed by atoms with E-state index >= 15 is 0 Å². The summed E-state index contributed by atoms with van der Waals surface area (Å²) < 4.78 is 10.8. The van der Waals surface area contributed by atoms with Gasteiger partial charge in [0.25, 0.3) is 5.91 Å². The third-order valence-electron chi connectivity index (χ3n) is 3.99. The molecule has 1 amide bonds. The van der Waals surface area contributed by atoms with Gasteiger partial charge in [-0.3, -0.25) is 4.79 Å². The molecule has 5 heteroatoms. The second kappa shape index (κ2) is 7.87. The fraction of sp³-hybridized carbons (Fsp3) is 0.238. The van der Waals surface area contributed by atoms with E-state index in [9.17, 15) is 9.59 Å². The minimum absolute atomic E-state index is 0.203. The van der Waals surface area contributed by atoms with Gasteiger partial charge in [-0.15, -0.1) is 0 Å². The second-order valence-electron chi connectivity index (χ2n) is 5.88. The molecule has 0 fully saturated rings. The molecule has 26 heavy (non-hydrogen) atoms. The summed E-state index contributed by atoms with van der Waals surface area (Å²) in [7, 11) is 0. The van der Waals surface area contributed by atoms with Crippen LogP contribution in [0, 0.1) is 0 Å². The fourth-order valence-electron chi connectivity index (χ4n) is 2.79. The van der Waals surface area contributed by atoms with Crippen LogP contribution in [0.2, 0.25) is 0 Å². The predicted molar refractivity (Wildman–Crippen MR) is 101 cm³/mol. The van der Waals surface area contributed by atoms with Gasteiger partial charge in [0, 0.05) is 22.4 Å². The number of amides is 1. The highest BCUT2D eigenvalue weighted by Crippen LogP contribution is 2.35. The Hall–Kier alpha value is -3.08. The maximum atomic E-state index is 12.4. The highest BCUT2D eigenvalue weighted by molar-refractivity contribution is 6.35. The minimum Gasteiger partial charge on any atom is -0.493 e. The van der Waals surface area contributed by atoms with Crippen molar-refractivity contribution in [3.8, 4) is 5.75 Å². The highest BCUT2D eigenvalue weighted by atomic mass is 16.5. The van der Waals surface area contributed by atoms with E-state index in [4.69, 9.17) is 9.47 Å². The standard InChI is InChI=1S/C21H21NO4/c1-3-11-26-21(24)15-9-10-16-17(20(23)22-18(16)13-15)12-14-7-5-6-8-19(14)25-4-2/h5-10,12-13H,3-4,11H2,1-2H3,(H,22,23)/b17-12-. The summed E-state index contributed by atoms with van der Waals surface area (Å²) in [5.41, 5.74) is 3.17. The van der Waals surface area contributed by atoms with Gasteiger partial charge in [0.15, 0.2) is 0 Å². The molecule has 1 heterocycles. The molecule has 2 aromatic rings. The number of ether oxygens (including phenoxy) is 2. The molecule has 0 bridgehead atoms. The second-order valence-corrected chi connectivity index (χ2v) is 5.88. The molecule has 0 atom stereocenters. The monoisotopic (exact) mass is 351 g/mol. The molecule has 0 saturated carbocycles. The number of esters is 1. The first-order valence-corrected chi connectivity index (χ1v) is 8.70. The van der Waals surface area contributed by atoms with Crippen LogP contribution in [-0.2, 0) is 9.53 Å². The number of nitrogens with one attached hydrogen (secondary N) is 1. The van der Waals surface area contributed by atoms with Gasteiger partial charge >= 0.3 is 5.97 Å². The molecular formula is C21H21NO4. The van der Waals surface area contributed by atoms with E-state index in [0.717, 1.165) is 23.3 Å². The van der Waals surface area contributed by atoms with Crippen molar-refractivity contribution in [2.75, 3.05) is 18.5 Å². The van der Waals surface area contributed by atoms with Crippen molar-refractivity contribution in [1.29, 1.82) is 0 Å². The predicted octanol–water partition coefficient (Wildman–Crippen LogP) is 4.14. The number of hydrogen-bond donors (Lipinski definition) is 1. The van der Waals surface area contributed by atoms with Crippen LogP contribution in [0.3, 0.4) is 0 Å². The number of carbonyl (C=O) groups is 2. The van der Waals surface area contributed by atoms with E-state index in [0.29, 0.717) is 30.0 Å². The van der Waals surface area contributed by atoms with E-state index in [-0.39, 0.29) is 11.9 Å². The van der Waals surface area contributed by atoms with Crippen molar-refractivity contribution in [2.24, 2.45) is 0 Å². The summed E-state index contributed by atoms with van der Waals surface area (Å²) in [6.07, 6.45) is 2.57. The first-order valence-electron chi connectivity index (χ1n) is 8.70. The lowest BCUT2D eigenvalue weighted by Gasteiger charge is -2.07. The van der Waals surface area contributed by atoms with E-state index in [2.05, 4.69) is 5.32 Å². The SMILES string of the molecule is CCCOC(=O)c1ccc2c(c1)NC(=O)/C2=C\c1ccccc1OCC. The zero-order valence-corrected chi connectivity index (χ0v) is 14.9. The van der Waals surface area contributed by atoms with Crippen molar-refractivity contribution in [2.45, 2.75) is 20.3 Å². The van der Waals surface area contributed by atoms with E-state index in [1.54, 1.807) is 24.3 Å². The zero-order chi connectivity index (χ0) is 18.5.